The Bertz CT molecular complexity index is 555. The minimum absolute atomic E-state index is 0. The number of benzene rings is 1. The molecule has 0 bridgehead atoms. The Balaban J connectivity index is 0.00000200. The van der Waals surface area contributed by atoms with Crippen molar-refractivity contribution in [2.75, 3.05) is 6.61 Å². The lowest BCUT2D eigenvalue weighted by atomic mass is 10.2. The van der Waals surface area contributed by atoms with Gasteiger partial charge in [-0.2, -0.15) is 5.10 Å². The molecule has 4 nitrogen and oxygen atoms in total. The predicted octanol–water partition coefficient (Wildman–Crippen LogP) is -1.33. The molecule has 0 radical (unpaired) electrons. The van der Waals surface area contributed by atoms with E-state index in [4.69, 9.17) is 4.74 Å². The molecule has 1 atom stereocenters. The Kier molecular flexibility index (Phi) is 6.05. The molecular formula is C15H21ClN2O2. The number of aryl methyl sites for hydroxylation is 3. The second kappa shape index (κ2) is 7.31. The van der Waals surface area contributed by atoms with Crippen molar-refractivity contribution in [1.82, 2.24) is 5.10 Å². The second-order valence-corrected chi connectivity index (χ2v) is 4.92. The topological polar surface area (TPSA) is 49.1 Å². The zero-order valence-electron chi connectivity index (χ0n) is 12.1. The molecule has 0 saturated carbocycles. The molecule has 0 aliphatic carbocycles. The molecule has 0 fully saturated rings. The Labute approximate surface area is 125 Å². The van der Waals surface area contributed by atoms with Crippen LogP contribution < -0.4 is 21.8 Å². The average molecular weight is 297 g/mol. The summed E-state index contributed by atoms with van der Waals surface area (Å²) < 4.78 is 7.57. The molecule has 1 aromatic heterocycles. The van der Waals surface area contributed by atoms with Gasteiger partial charge in [0, 0.05) is 13.0 Å². The Morgan fingerprint density at radius 2 is 1.95 bits per heavy atom. The van der Waals surface area contributed by atoms with Gasteiger partial charge in [-0.15, -0.1) is 4.68 Å². The molecule has 110 valence electrons. The molecule has 0 spiro atoms. The lowest BCUT2D eigenvalue weighted by molar-refractivity contribution is -0.761. The quantitative estimate of drug-likeness (QED) is 0.672. The molecule has 2 rings (SSSR count). The summed E-state index contributed by atoms with van der Waals surface area (Å²) in [5.74, 6) is 0.825. The fourth-order valence-corrected chi connectivity index (χ4v) is 2.08. The maximum Gasteiger partial charge on any atom is 0.205 e. The number of aliphatic hydroxyl groups excluding tert-OH is 1. The summed E-state index contributed by atoms with van der Waals surface area (Å²) in [6.07, 6.45) is -0.540. The molecule has 0 amide bonds. The first-order valence-corrected chi connectivity index (χ1v) is 6.49. The van der Waals surface area contributed by atoms with E-state index in [1.165, 1.54) is 0 Å². The zero-order valence-corrected chi connectivity index (χ0v) is 12.8. The number of aromatic amines is 1. The number of hydrogen-bond donors (Lipinski definition) is 2. The van der Waals surface area contributed by atoms with E-state index in [1.807, 2.05) is 49.7 Å². The summed E-state index contributed by atoms with van der Waals surface area (Å²) in [5.41, 5.74) is 3.27. The van der Waals surface area contributed by atoms with E-state index in [-0.39, 0.29) is 19.0 Å². The van der Waals surface area contributed by atoms with Gasteiger partial charge in [0.15, 0.2) is 0 Å². The predicted molar refractivity (Wildman–Crippen MR) is 73.1 cm³/mol. The van der Waals surface area contributed by atoms with Crippen molar-refractivity contribution in [2.24, 2.45) is 0 Å². The van der Waals surface area contributed by atoms with Gasteiger partial charge >= 0.3 is 0 Å². The summed E-state index contributed by atoms with van der Waals surface area (Å²) in [6, 6.07) is 9.87. The lowest BCUT2D eigenvalue weighted by Gasteiger charge is -2.11. The summed E-state index contributed by atoms with van der Waals surface area (Å²) in [7, 11) is 0. The number of hydrogen-bond acceptors (Lipinski definition) is 2. The highest BCUT2D eigenvalue weighted by molar-refractivity contribution is 5.31. The zero-order chi connectivity index (χ0) is 13.8. The number of para-hydroxylation sites is 1. The Morgan fingerprint density at radius 3 is 2.55 bits per heavy atom. The first-order chi connectivity index (χ1) is 9.06. The SMILES string of the molecule is Cc1cc(C)[n+](CC(O)COc2ccccc2C)[nH]1.[Cl-]. The van der Waals surface area contributed by atoms with Crippen LogP contribution in [0, 0.1) is 20.8 Å². The van der Waals surface area contributed by atoms with Gasteiger partial charge in [0.25, 0.3) is 0 Å². The lowest BCUT2D eigenvalue weighted by Crippen LogP contribution is -3.00. The van der Waals surface area contributed by atoms with Crippen LogP contribution in [0.1, 0.15) is 17.0 Å². The van der Waals surface area contributed by atoms with Gasteiger partial charge in [-0.1, -0.05) is 18.2 Å². The maximum absolute atomic E-state index is 10.0. The molecule has 20 heavy (non-hydrogen) atoms. The maximum atomic E-state index is 10.0. The number of nitrogens with one attached hydrogen (secondary N) is 1. The van der Waals surface area contributed by atoms with Gasteiger partial charge in [0.2, 0.25) is 12.2 Å². The number of nitrogens with zero attached hydrogens (tertiary/aromatic N) is 1. The van der Waals surface area contributed by atoms with Crippen LogP contribution in [-0.2, 0) is 6.54 Å². The summed E-state index contributed by atoms with van der Waals surface area (Å²) in [5, 5.41) is 13.2. The highest BCUT2D eigenvalue weighted by Gasteiger charge is 2.16. The first kappa shape index (κ1) is 16.5. The molecule has 1 aromatic carbocycles. The molecule has 1 heterocycles. The number of halogens is 1. The highest BCUT2D eigenvalue weighted by Crippen LogP contribution is 2.16. The van der Waals surface area contributed by atoms with Gasteiger partial charge in [-0.25, -0.2) is 0 Å². The van der Waals surface area contributed by atoms with E-state index < -0.39 is 6.10 Å². The van der Waals surface area contributed by atoms with Crippen LogP contribution in [0.3, 0.4) is 0 Å². The first-order valence-electron chi connectivity index (χ1n) is 6.49. The van der Waals surface area contributed by atoms with Crippen LogP contribution in [-0.4, -0.2) is 22.9 Å². The van der Waals surface area contributed by atoms with Gasteiger partial charge in [0.05, 0.1) is 5.69 Å². The Morgan fingerprint density at radius 1 is 1.25 bits per heavy atom. The molecule has 0 aliphatic rings. The standard InChI is InChI=1S/C15H20N2O2.ClH/c1-11-6-4-5-7-15(11)19-10-14(18)9-17-13(3)8-12(2)16-17;/h4-8,14,18H,9-10H2,1-3H3;1H. The van der Waals surface area contributed by atoms with Crippen LogP contribution in [0.2, 0.25) is 0 Å². The van der Waals surface area contributed by atoms with Crippen LogP contribution in [0.5, 0.6) is 5.75 Å². The number of rotatable bonds is 5. The van der Waals surface area contributed by atoms with Crippen molar-refractivity contribution in [2.45, 2.75) is 33.4 Å². The van der Waals surface area contributed by atoms with Crippen molar-refractivity contribution < 1.29 is 26.9 Å². The summed E-state index contributed by atoms with van der Waals surface area (Å²) in [6.45, 7) is 6.80. The molecule has 0 saturated heterocycles. The van der Waals surface area contributed by atoms with Crippen molar-refractivity contribution in [1.29, 1.82) is 0 Å². The van der Waals surface area contributed by atoms with Gasteiger partial charge < -0.3 is 22.3 Å². The fourth-order valence-electron chi connectivity index (χ4n) is 2.08. The van der Waals surface area contributed by atoms with Gasteiger partial charge in [-0.05, 0) is 25.5 Å². The normalized spacial score (nSPS) is 11.8. The van der Waals surface area contributed by atoms with E-state index in [0.717, 1.165) is 22.7 Å². The molecule has 5 heteroatoms. The van der Waals surface area contributed by atoms with Gasteiger partial charge in [0.1, 0.15) is 18.5 Å². The van der Waals surface area contributed by atoms with Crippen molar-refractivity contribution in [3.05, 3.63) is 47.3 Å². The average Bonchev–Trinajstić information content (AvgIpc) is 2.67. The number of aliphatic hydroxyl groups is 1. The van der Waals surface area contributed by atoms with Crippen LogP contribution >= 0.6 is 0 Å². The molecule has 0 aliphatic heterocycles. The monoisotopic (exact) mass is 296 g/mol. The largest absolute Gasteiger partial charge is 1.00 e. The second-order valence-electron chi connectivity index (χ2n) is 4.92. The third-order valence-electron chi connectivity index (χ3n) is 3.08. The molecular weight excluding hydrogens is 276 g/mol. The van der Waals surface area contributed by atoms with Gasteiger partial charge in [-0.3, -0.25) is 0 Å². The van der Waals surface area contributed by atoms with Crippen LogP contribution in [0.15, 0.2) is 30.3 Å². The third-order valence-corrected chi connectivity index (χ3v) is 3.08. The van der Waals surface area contributed by atoms with Crippen LogP contribution in [0.4, 0.5) is 0 Å². The Hall–Kier alpha value is -1.52. The van der Waals surface area contributed by atoms with E-state index in [2.05, 4.69) is 11.2 Å². The van der Waals surface area contributed by atoms with Crippen molar-refractivity contribution >= 4 is 0 Å². The van der Waals surface area contributed by atoms with Crippen LogP contribution in [0.25, 0.3) is 0 Å². The molecule has 2 N–H and O–H groups in total. The smallest absolute Gasteiger partial charge is 0.205 e. The molecule has 1 unspecified atom stereocenters. The fraction of sp³-hybridized carbons (Fsp3) is 0.400. The number of aromatic nitrogens is 2. The van der Waals surface area contributed by atoms with E-state index in [1.54, 1.807) is 0 Å². The van der Waals surface area contributed by atoms with E-state index in [0.29, 0.717) is 6.54 Å². The van der Waals surface area contributed by atoms with E-state index in [9.17, 15) is 5.11 Å². The minimum Gasteiger partial charge on any atom is -1.00 e. The van der Waals surface area contributed by atoms with Crippen molar-refractivity contribution in [3.8, 4) is 5.75 Å². The summed E-state index contributed by atoms with van der Waals surface area (Å²) >= 11 is 0. The number of H-pyrrole nitrogens is 1. The summed E-state index contributed by atoms with van der Waals surface area (Å²) in [4.78, 5) is 0. The van der Waals surface area contributed by atoms with Crippen molar-refractivity contribution in [3.63, 3.8) is 0 Å². The third kappa shape index (κ3) is 4.25. The minimum atomic E-state index is -0.540. The van der Waals surface area contributed by atoms with E-state index >= 15 is 0 Å². The molecule has 2 aromatic rings. The highest BCUT2D eigenvalue weighted by atomic mass is 35.5. The number of ether oxygens (including phenoxy) is 1.